The van der Waals surface area contributed by atoms with E-state index in [1.807, 2.05) is 0 Å². The molecule has 3 aromatic rings. The fraction of sp³-hybridized carbons (Fsp3) is 0.261. The van der Waals surface area contributed by atoms with Crippen LogP contribution in [0.15, 0.2) is 59.8 Å². The molecule has 1 atom stereocenters. The number of benzene rings is 2. The van der Waals surface area contributed by atoms with Gasteiger partial charge in [0, 0.05) is 36.6 Å². The molecule has 2 aromatic carbocycles. The van der Waals surface area contributed by atoms with Crippen molar-refractivity contribution in [1.82, 2.24) is 19.6 Å². The molecule has 1 fully saturated rings. The van der Waals surface area contributed by atoms with Crippen molar-refractivity contribution in [2.45, 2.75) is 36.5 Å². The summed E-state index contributed by atoms with van der Waals surface area (Å²) in [4.78, 5) is 19.2. The molecule has 0 saturated carbocycles. The van der Waals surface area contributed by atoms with Crippen LogP contribution >= 0.6 is 0 Å². The summed E-state index contributed by atoms with van der Waals surface area (Å²) in [5, 5.41) is 2.53. The highest BCUT2D eigenvalue weighted by atomic mass is 32.2. The van der Waals surface area contributed by atoms with Crippen molar-refractivity contribution < 1.29 is 35.2 Å². The van der Waals surface area contributed by atoms with Gasteiger partial charge in [-0.1, -0.05) is 6.07 Å². The first-order valence-electron chi connectivity index (χ1n) is 10.7. The van der Waals surface area contributed by atoms with Gasteiger partial charge in [-0.3, -0.25) is 4.79 Å². The summed E-state index contributed by atoms with van der Waals surface area (Å²) >= 11 is 0. The van der Waals surface area contributed by atoms with Crippen molar-refractivity contribution in [2.75, 3.05) is 6.54 Å². The van der Waals surface area contributed by atoms with Crippen LogP contribution in [-0.4, -0.2) is 41.2 Å². The SMILES string of the molecule is O=C(NCc1cc(-c2cnc(C(F)(F)F)nc2)ccc1F)[C@@H]1CCCN1S(=O)(=O)c1ccc(F)cc1. The zero-order valence-electron chi connectivity index (χ0n) is 18.5. The lowest BCUT2D eigenvalue weighted by Crippen LogP contribution is -2.45. The van der Waals surface area contributed by atoms with Gasteiger partial charge in [0.2, 0.25) is 21.8 Å². The second kappa shape index (κ2) is 9.90. The van der Waals surface area contributed by atoms with Crippen molar-refractivity contribution >= 4 is 15.9 Å². The van der Waals surface area contributed by atoms with Crippen LogP contribution in [0.5, 0.6) is 0 Å². The van der Waals surface area contributed by atoms with Gasteiger partial charge in [0.15, 0.2) is 0 Å². The molecule has 13 heteroatoms. The highest BCUT2D eigenvalue weighted by Crippen LogP contribution is 2.28. The summed E-state index contributed by atoms with van der Waals surface area (Å²) in [6.45, 7) is -0.198. The van der Waals surface area contributed by atoms with Crippen molar-refractivity contribution in [3.05, 3.63) is 77.9 Å². The molecule has 1 aliphatic rings. The van der Waals surface area contributed by atoms with Gasteiger partial charge in [-0.2, -0.15) is 17.5 Å². The quantitative estimate of drug-likeness (QED) is 0.492. The highest BCUT2D eigenvalue weighted by molar-refractivity contribution is 7.89. The minimum absolute atomic E-state index is 0.0340. The van der Waals surface area contributed by atoms with Crippen molar-refractivity contribution in [1.29, 1.82) is 0 Å². The molecule has 1 aromatic heterocycles. The Morgan fingerprint density at radius 2 is 1.69 bits per heavy atom. The van der Waals surface area contributed by atoms with Gasteiger partial charge in [-0.25, -0.2) is 27.2 Å². The lowest BCUT2D eigenvalue weighted by Gasteiger charge is -2.23. The molecular weight excluding hydrogens is 507 g/mol. The summed E-state index contributed by atoms with van der Waals surface area (Å²) < 4.78 is 92.6. The number of halogens is 5. The van der Waals surface area contributed by atoms with Gasteiger partial charge in [0.25, 0.3) is 0 Å². The molecule has 1 amide bonds. The number of nitrogens with one attached hydrogen (secondary N) is 1. The zero-order valence-corrected chi connectivity index (χ0v) is 19.3. The second-order valence-corrected chi connectivity index (χ2v) is 9.94. The highest BCUT2D eigenvalue weighted by Gasteiger charge is 2.39. The molecular formula is C23H19F5N4O3S. The molecule has 1 aliphatic heterocycles. The minimum atomic E-state index is -4.70. The fourth-order valence-corrected chi connectivity index (χ4v) is 5.50. The van der Waals surface area contributed by atoms with Gasteiger partial charge in [-0.15, -0.1) is 0 Å². The standard InChI is InChI=1S/C23H19F5N4O3S/c24-17-4-6-18(7-5-17)36(34,35)32-9-1-2-20(32)21(33)29-11-15-10-14(3-8-19(15)25)16-12-30-22(31-13-16)23(26,27)28/h3-8,10,12-13,20H,1-2,9,11H2,(H,29,33)/t20-/m0/s1. The molecule has 4 rings (SSSR count). The third-order valence-electron chi connectivity index (χ3n) is 5.66. The molecule has 2 heterocycles. The monoisotopic (exact) mass is 526 g/mol. The molecule has 0 unspecified atom stereocenters. The van der Waals surface area contributed by atoms with Crippen LogP contribution in [-0.2, 0) is 27.5 Å². The fourth-order valence-electron chi connectivity index (χ4n) is 3.85. The van der Waals surface area contributed by atoms with Crippen molar-refractivity contribution in [2.24, 2.45) is 0 Å². The average Bonchev–Trinajstić information content (AvgIpc) is 3.34. The molecule has 0 radical (unpaired) electrons. The molecule has 7 nitrogen and oxygen atoms in total. The van der Waals surface area contributed by atoms with Gasteiger partial charge in [0.05, 0.1) is 4.90 Å². The van der Waals surface area contributed by atoms with E-state index >= 15 is 0 Å². The Bertz CT molecular complexity index is 1360. The lowest BCUT2D eigenvalue weighted by atomic mass is 10.1. The summed E-state index contributed by atoms with van der Waals surface area (Å²) in [6.07, 6.45) is -2.10. The zero-order chi connectivity index (χ0) is 26.1. The predicted octanol–water partition coefficient (Wildman–Crippen LogP) is 3.91. The number of hydrogen-bond donors (Lipinski definition) is 1. The number of hydrogen-bond acceptors (Lipinski definition) is 5. The van der Waals surface area contributed by atoms with Crippen LogP contribution in [0.3, 0.4) is 0 Å². The van der Waals surface area contributed by atoms with E-state index in [2.05, 4.69) is 15.3 Å². The largest absolute Gasteiger partial charge is 0.451 e. The van der Waals surface area contributed by atoms with Crippen molar-refractivity contribution in [3.8, 4) is 11.1 Å². The first kappa shape index (κ1) is 25.6. The van der Waals surface area contributed by atoms with E-state index in [4.69, 9.17) is 0 Å². The molecule has 1 saturated heterocycles. The number of aromatic nitrogens is 2. The summed E-state index contributed by atoms with van der Waals surface area (Å²) in [7, 11) is -4.06. The predicted molar refractivity (Wildman–Crippen MR) is 118 cm³/mol. The van der Waals surface area contributed by atoms with Crippen LogP contribution in [0.1, 0.15) is 24.2 Å². The van der Waals surface area contributed by atoms with E-state index in [1.165, 1.54) is 12.1 Å². The van der Waals surface area contributed by atoms with Gasteiger partial charge < -0.3 is 5.32 Å². The third kappa shape index (κ3) is 5.36. The van der Waals surface area contributed by atoms with E-state index in [0.717, 1.165) is 47.0 Å². The Labute approximate surface area is 203 Å². The number of nitrogens with zero attached hydrogens (tertiary/aromatic N) is 3. The van der Waals surface area contributed by atoms with Crippen LogP contribution < -0.4 is 5.32 Å². The van der Waals surface area contributed by atoms with Gasteiger partial charge in [0.1, 0.15) is 17.7 Å². The maximum absolute atomic E-state index is 14.4. The Morgan fingerprint density at radius 3 is 2.33 bits per heavy atom. The number of carbonyl (C=O) groups excluding carboxylic acids is 1. The number of alkyl halides is 3. The van der Waals surface area contributed by atoms with E-state index in [1.54, 1.807) is 0 Å². The van der Waals surface area contributed by atoms with Crippen molar-refractivity contribution in [3.63, 3.8) is 0 Å². The summed E-state index contributed by atoms with van der Waals surface area (Å²) in [5.74, 6) is -3.22. The lowest BCUT2D eigenvalue weighted by molar-refractivity contribution is -0.145. The Morgan fingerprint density at radius 1 is 1.03 bits per heavy atom. The first-order chi connectivity index (χ1) is 17.0. The number of rotatable bonds is 6. The van der Waals surface area contributed by atoms with E-state index in [-0.39, 0.29) is 35.5 Å². The number of amides is 1. The normalized spacial score (nSPS) is 16.8. The first-order valence-corrected chi connectivity index (χ1v) is 12.1. The average molecular weight is 526 g/mol. The van der Waals surface area contributed by atoms with Crippen LogP contribution in [0.2, 0.25) is 0 Å². The second-order valence-electron chi connectivity index (χ2n) is 8.04. The topological polar surface area (TPSA) is 92.3 Å². The summed E-state index contributed by atoms with van der Waals surface area (Å²) in [5.41, 5.74) is 0.574. The molecule has 0 aliphatic carbocycles. The maximum Gasteiger partial charge on any atom is 0.451 e. The Hall–Kier alpha value is -3.45. The minimum Gasteiger partial charge on any atom is -0.351 e. The number of carbonyl (C=O) groups is 1. The summed E-state index contributed by atoms with van der Waals surface area (Å²) in [6, 6.07) is 6.98. The number of sulfonamides is 1. The van der Waals surface area contributed by atoms with Gasteiger partial charge in [-0.05, 0) is 54.8 Å². The van der Waals surface area contributed by atoms with Crippen LogP contribution in [0.4, 0.5) is 22.0 Å². The van der Waals surface area contributed by atoms with E-state index < -0.39 is 45.6 Å². The molecule has 0 spiro atoms. The van der Waals surface area contributed by atoms with Crippen LogP contribution in [0, 0.1) is 11.6 Å². The van der Waals surface area contributed by atoms with Gasteiger partial charge >= 0.3 is 6.18 Å². The Kier molecular flexibility index (Phi) is 7.05. The molecule has 0 bridgehead atoms. The third-order valence-corrected chi connectivity index (χ3v) is 7.59. The smallest absolute Gasteiger partial charge is 0.351 e. The maximum atomic E-state index is 14.4. The van der Waals surface area contributed by atoms with E-state index in [9.17, 15) is 35.2 Å². The molecule has 36 heavy (non-hydrogen) atoms. The van der Waals surface area contributed by atoms with Crippen LogP contribution in [0.25, 0.3) is 11.1 Å². The molecule has 1 N–H and O–H groups in total. The Balaban J connectivity index is 1.48. The molecule has 190 valence electrons. The van der Waals surface area contributed by atoms with E-state index in [0.29, 0.717) is 12.0 Å².